The summed E-state index contributed by atoms with van der Waals surface area (Å²) in [5.41, 5.74) is 1.61. The predicted octanol–water partition coefficient (Wildman–Crippen LogP) is 2.66. The number of hydrogen-bond donors (Lipinski definition) is 2. The van der Waals surface area contributed by atoms with Gasteiger partial charge in [-0.2, -0.15) is 10.3 Å². The Balaban J connectivity index is 1.59. The van der Waals surface area contributed by atoms with Gasteiger partial charge in [-0.25, -0.2) is 9.67 Å². The molecule has 8 nitrogen and oxygen atoms in total. The first-order valence-electron chi connectivity index (χ1n) is 10.1. The van der Waals surface area contributed by atoms with Gasteiger partial charge in [-0.15, -0.1) is 10.2 Å². The number of dihydropyridines is 1. The van der Waals surface area contributed by atoms with Gasteiger partial charge in [0.25, 0.3) is 0 Å². The Labute approximate surface area is 170 Å². The van der Waals surface area contributed by atoms with Crippen molar-refractivity contribution in [2.75, 3.05) is 0 Å². The van der Waals surface area contributed by atoms with Crippen LogP contribution in [0.15, 0.2) is 48.7 Å². The maximum atomic E-state index is 4.73. The summed E-state index contributed by atoms with van der Waals surface area (Å²) in [6, 6.07) is 8.48. The van der Waals surface area contributed by atoms with E-state index < -0.39 is 5.54 Å². The summed E-state index contributed by atoms with van der Waals surface area (Å²) in [4.78, 5) is 4.73. The number of rotatable bonds is 8. The molecular formula is C21H26N8. The standard InChI is InChI=1S/C21H26N8/c1-3-5-14-29-19(23-18(4-2)26-29)15-16-8-10-17(11-9-16)21(12-6-7-13-22-21)20-24-27-28-25-20/h6-13,22H,3-5,14-15H2,1-2H3,(H,24,25,27,28). The van der Waals surface area contributed by atoms with Crippen LogP contribution in [0.4, 0.5) is 0 Å². The van der Waals surface area contributed by atoms with E-state index in [1.165, 1.54) is 5.56 Å². The van der Waals surface area contributed by atoms with E-state index in [9.17, 15) is 0 Å². The fraction of sp³-hybridized carbons (Fsp3) is 0.381. The highest BCUT2D eigenvalue weighted by Gasteiger charge is 2.35. The monoisotopic (exact) mass is 390 g/mol. The highest BCUT2D eigenvalue weighted by molar-refractivity contribution is 5.42. The number of hydrogen-bond acceptors (Lipinski definition) is 6. The van der Waals surface area contributed by atoms with E-state index in [-0.39, 0.29) is 0 Å². The van der Waals surface area contributed by atoms with Gasteiger partial charge in [0.2, 0.25) is 5.82 Å². The Morgan fingerprint density at radius 2 is 1.97 bits per heavy atom. The maximum Gasteiger partial charge on any atom is 0.208 e. The molecule has 1 aromatic carbocycles. The number of aromatic amines is 1. The minimum Gasteiger partial charge on any atom is -0.372 e. The molecule has 1 atom stereocenters. The van der Waals surface area contributed by atoms with Crippen molar-refractivity contribution in [1.82, 2.24) is 40.7 Å². The summed E-state index contributed by atoms with van der Waals surface area (Å²) < 4.78 is 2.06. The molecule has 0 saturated carbocycles. The first kappa shape index (κ1) is 19.0. The molecule has 8 heteroatoms. The maximum absolute atomic E-state index is 4.73. The van der Waals surface area contributed by atoms with Crippen molar-refractivity contribution in [2.45, 2.75) is 51.6 Å². The lowest BCUT2D eigenvalue weighted by atomic mass is 9.86. The number of benzene rings is 1. The van der Waals surface area contributed by atoms with Crippen LogP contribution in [0.5, 0.6) is 0 Å². The molecule has 150 valence electrons. The third-order valence-electron chi connectivity index (χ3n) is 5.17. The molecule has 0 saturated heterocycles. The highest BCUT2D eigenvalue weighted by Crippen LogP contribution is 2.30. The quantitative estimate of drug-likeness (QED) is 0.614. The lowest BCUT2D eigenvalue weighted by Gasteiger charge is -2.30. The van der Waals surface area contributed by atoms with Crippen molar-refractivity contribution in [2.24, 2.45) is 0 Å². The molecule has 0 bridgehead atoms. The van der Waals surface area contributed by atoms with Crippen molar-refractivity contribution < 1.29 is 0 Å². The third kappa shape index (κ3) is 3.83. The Hall–Kier alpha value is -3.29. The van der Waals surface area contributed by atoms with Crippen LogP contribution in [0.1, 0.15) is 55.3 Å². The smallest absolute Gasteiger partial charge is 0.208 e. The molecule has 4 rings (SSSR count). The van der Waals surface area contributed by atoms with E-state index in [0.717, 1.165) is 49.4 Å². The number of aryl methyl sites for hydroxylation is 2. The van der Waals surface area contributed by atoms with Crippen LogP contribution in [0, 0.1) is 0 Å². The van der Waals surface area contributed by atoms with Crippen molar-refractivity contribution in [3.8, 4) is 0 Å². The normalized spacial score (nSPS) is 18.1. The number of H-pyrrole nitrogens is 1. The zero-order chi connectivity index (χ0) is 20.1. The van der Waals surface area contributed by atoms with E-state index in [1.54, 1.807) is 0 Å². The van der Waals surface area contributed by atoms with Gasteiger partial charge in [-0.1, -0.05) is 55.8 Å². The molecule has 0 radical (unpaired) electrons. The minimum absolute atomic E-state index is 0.581. The number of nitrogens with one attached hydrogen (secondary N) is 2. The van der Waals surface area contributed by atoms with Gasteiger partial charge in [0, 0.05) is 19.4 Å². The minimum atomic E-state index is -0.628. The summed E-state index contributed by atoms with van der Waals surface area (Å²) in [5.74, 6) is 2.51. The van der Waals surface area contributed by atoms with Gasteiger partial charge in [0.15, 0.2) is 5.82 Å². The molecule has 1 aliphatic heterocycles. The van der Waals surface area contributed by atoms with Crippen LogP contribution in [0.25, 0.3) is 0 Å². The Morgan fingerprint density at radius 3 is 2.62 bits per heavy atom. The van der Waals surface area contributed by atoms with E-state index in [1.807, 2.05) is 24.4 Å². The lowest BCUT2D eigenvalue weighted by Crippen LogP contribution is -2.40. The van der Waals surface area contributed by atoms with Crippen LogP contribution in [-0.2, 0) is 24.9 Å². The lowest BCUT2D eigenvalue weighted by molar-refractivity contribution is 0.529. The summed E-state index contributed by atoms with van der Waals surface area (Å²) >= 11 is 0. The molecule has 1 unspecified atom stereocenters. The van der Waals surface area contributed by atoms with Gasteiger partial charge >= 0.3 is 0 Å². The topological polar surface area (TPSA) is 97.2 Å². The Morgan fingerprint density at radius 1 is 1.10 bits per heavy atom. The fourth-order valence-corrected chi connectivity index (χ4v) is 3.52. The van der Waals surface area contributed by atoms with Crippen molar-refractivity contribution in [3.05, 3.63) is 77.3 Å². The van der Waals surface area contributed by atoms with Gasteiger partial charge in [0.05, 0.1) is 0 Å². The van der Waals surface area contributed by atoms with Crippen molar-refractivity contribution in [3.63, 3.8) is 0 Å². The van der Waals surface area contributed by atoms with Crippen molar-refractivity contribution in [1.29, 1.82) is 0 Å². The SMILES string of the molecule is CCCCn1nc(CC)nc1Cc1ccc(C2(c3nn[nH]n3)C=CC=CN2)cc1. The Kier molecular flexibility index (Phi) is 5.50. The van der Waals surface area contributed by atoms with Crippen LogP contribution >= 0.6 is 0 Å². The van der Waals surface area contributed by atoms with E-state index >= 15 is 0 Å². The van der Waals surface area contributed by atoms with Gasteiger partial charge < -0.3 is 5.32 Å². The van der Waals surface area contributed by atoms with Crippen LogP contribution in [0.3, 0.4) is 0 Å². The molecular weight excluding hydrogens is 364 g/mol. The summed E-state index contributed by atoms with van der Waals surface area (Å²) in [5, 5.41) is 22.7. The van der Waals surface area contributed by atoms with E-state index in [0.29, 0.717) is 5.82 Å². The molecule has 0 amide bonds. The fourth-order valence-electron chi connectivity index (χ4n) is 3.52. The average molecular weight is 390 g/mol. The first-order valence-corrected chi connectivity index (χ1v) is 10.1. The molecule has 2 aromatic heterocycles. The summed E-state index contributed by atoms with van der Waals surface area (Å²) in [6.45, 7) is 5.20. The van der Waals surface area contributed by atoms with Gasteiger partial charge in [0.1, 0.15) is 11.4 Å². The zero-order valence-electron chi connectivity index (χ0n) is 16.8. The highest BCUT2D eigenvalue weighted by atomic mass is 15.5. The Bertz CT molecular complexity index is 984. The van der Waals surface area contributed by atoms with Gasteiger partial charge in [-0.3, -0.25) is 0 Å². The van der Waals surface area contributed by atoms with Crippen molar-refractivity contribution >= 4 is 0 Å². The largest absolute Gasteiger partial charge is 0.372 e. The molecule has 0 aliphatic carbocycles. The summed E-state index contributed by atoms with van der Waals surface area (Å²) in [6.07, 6.45) is 11.7. The second kappa shape index (κ2) is 8.38. The predicted molar refractivity (Wildman–Crippen MR) is 110 cm³/mol. The second-order valence-electron chi connectivity index (χ2n) is 7.15. The number of unbranched alkanes of at least 4 members (excludes halogenated alkanes) is 1. The van der Waals surface area contributed by atoms with E-state index in [4.69, 9.17) is 4.98 Å². The molecule has 1 aliphatic rings. The average Bonchev–Trinajstić information content (AvgIpc) is 3.44. The molecule has 0 spiro atoms. The molecule has 0 fully saturated rings. The summed E-state index contributed by atoms with van der Waals surface area (Å²) in [7, 11) is 0. The van der Waals surface area contributed by atoms with E-state index in [2.05, 4.69) is 73.8 Å². The molecule has 2 N–H and O–H groups in total. The van der Waals surface area contributed by atoms with Gasteiger partial charge in [-0.05, 0) is 35.9 Å². The first-order chi connectivity index (χ1) is 14.2. The molecule has 3 aromatic rings. The number of aromatic nitrogens is 7. The number of allylic oxidation sites excluding steroid dienone is 2. The zero-order valence-corrected chi connectivity index (χ0v) is 16.8. The van der Waals surface area contributed by atoms with Crippen LogP contribution in [-0.4, -0.2) is 35.4 Å². The van der Waals surface area contributed by atoms with Crippen LogP contribution in [0.2, 0.25) is 0 Å². The van der Waals surface area contributed by atoms with Crippen LogP contribution < -0.4 is 5.32 Å². The molecule has 3 heterocycles. The third-order valence-corrected chi connectivity index (χ3v) is 5.17. The second-order valence-corrected chi connectivity index (χ2v) is 7.15. The number of nitrogens with zero attached hydrogens (tertiary/aromatic N) is 6. The number of tetrazole rings is 1. The molecule has 29 heavy (non-hydrogen) atoms.